The van der Waals surface area contributed by atoms with Crippen LogP contribution in [0, 0.1) is 0 Å². The average Bonchev–Trinajstić information content (AvgIpc) is 2.64. The Morgan fingerprint density at radius 2 is 2.38 bits per heavy atom. The lowest BCUT2D eigenvalue weighted by atomic mass is 9.86. The van der Waals surface area contributed by atoms with Crippen LogP contribution < -0.4 is 5.32 Å². The van der Waals surface area contributed by atoms with E-state index in [0.717, 1.165) is 23.0 Å². The molecular formula is C12H13BrFNO. The Morgan fingerprint density at radius 3 is 3.12 bits per heavy atom. The number of nitrogens with one attached hydrogen (secondary N) is 1. The molecule has 1 N–H and O–H groups in total. The van der Waals surface area contributed by atoms with Crippen molar-refractivity contribution in [2.24, 2.45) is 0 Å². The van der Waals surface area contributed by atoms with Gasteiger partial charge in [0.2, 0.25) is 0 Å². The maximum Gasteiger partial charge on any atom is 0.147 e. The summed E-state index contributed by atoms with van der Waals surface area (Å²) in [5.41, 5.74) is 1.80. The summed E-state index contributed by atoms with van der Waals surface area (Å²) in [6.45, 7) is 0.845. The first-order chi connectivity index (χ1) is 7.71. The molecule has 1 fully saturated rings. The molecule has 2 unspecified atom stereocenters. The minimum atomic E-state index is -0.930. The van der Waals surface area contributed by atoms with Crippen molar-refractivity contribution >= 4 is 21.6 Å². The zero-order valence-electron chi connectivity index (χ0n) is 8.80. The lowest BCUT2D eigenvalue weighted by Gasteiger charge is -2.37. The van der Waals surface area contributed by atoms with Crippen molar-refractivity contribution in [3.63, 3.8) is 0 Å². The normalized spacial score (nSPS) is 32.5. The average molecular weight is 286 g/mol. The molecule has 0 aromatic heterocycles. The summed E-state index contributed by atoms with van der Waals surface area (Å²) in [5.74, 6) is 0. The van der Waals surface area contributed by atoms with Crippen LogP contribution >= 0.6 is 15.9 Å². The van der Waals surface area contributed by atoms with Crippen LogP contribution in [-0.2, 0) is 11.2 Å². The molecule has 1 aromatic carbocycles. The van der Waals surface area contributed by atoms with Crippen LogP contribution in [0.3, 0.4) is 0 Å². The molecule has 0 aliphatic carbocycles. The van der Waals surface area contributed by atoms with Gasteiger partial charge in [-0.2, -0.15) is 0 Å². The molecule has 2 aliphatic rings. The third kappa shape index (κ3) is 1.47. The largest absolute Gasteiger partial charge is 0.378 e. The molecule has 2 atom stereocenters. The summed E-state index contributed by atoms with van der Waals surface area (Å²) in [5, 5.41) is 3.36. The molecule has 3 rings (SSSR count). The lowest BCUT2D eigenvalue weighted by Crippen LogP contribution is -2.52. The van der Waals surface area contributed by atoms with E-state index in [1.807, 2.05) is 18.2 Å². The molecule has 0 radical (unpaired) electrons. The monoisotopic (exact) mass is 285 g/mol. The number of fused-ring (bicyclic) bond motifs is 1. The molecule has 4 heteroatoms. The second kappa shape index (κ2) is 3.70. The summed E-state index contributed by atoms with van der Waals surface area (Å²) >= 11 is 3.52. The maximum absolute atomic E-state index is 14.0. The van der Waals surface area contributed by atoms with Crippen molar-refractivity contribution in [1.82, 2.24) is 0 Å². The van der Waals surface area contributed by atoms with Crippen LogP contribution in [0.15, 0.2) is 22.7 Å². The number of benzene rings is 1. The van der Waals surface area contributed by atoms with E-state index in [1.165, 1.54) is 5.56 Å². The van der Waals surface area contributed by atoms with Crippen molar-refractivity contribution in [3.05, 3.63) is 28.2 Å². The van der Waals surface area contributed by atoms with Crippen molar-refractivity contribution in [2.75, 3.05) is 18.5 Å². The quantitative estimate of drug-likeness (QED) is 0.791. The molecule has 1 saturated heterocycles. The molecule has 1 aromatic rings. The third-order valence-electron chi connectivity index (χ3n) is 3.55. The molecule has 0 amide bonds. The Labute approximate surface area is 102 Å². The van der Waals surface area contributed by atoms with Crippen LogP contribution in [-0.4, -0.2) is 24.9 Å². The Balaban J connectivity index is 1.97. The van der Waals surface area contributed by atoms with Crippen molar-refractivity contribution in [3.8, 4) is 0 Å². The number of anilines is 1. The van der Waals surface area contributed by atoms with Gasteiger partial charge >= 0.3 is 0 Å². The summed E-state index contributed by atoms with van der Waals surface area (Å²) in [6.07, 6.45) is 0.546. The van der Waals surface area contributed by atoms with E-state index in [-0.39, 0.29) is 6.61 Å². The number of rotatable bonds is 0. The fourth-order valence-electron chi connectivity index (χ4n) is 2.58. The summed E-state index contributed by atoms with van der Waals surface area (Å²) < 4.78 is 20.3. The second-order valence-corrected chi connectivity index (χ2v) is 5.37. The van der Waals surface area contributed by atoms with Gasteiger partial charge in [0.1, 0.15) is 6.17 Å². The van der Waals surface area contributed by atoms with Crippen LogP contribution in [0.2, 0.25) is 0 Å². The zero-order valence-corrected chi connectivity index (χ0v) is 10.4. The smallest absolute Gasteiger partial charge is 0.147 e. The van der Waals surface area contributed by atoms with Gasteiger partial charge < -0.3 is 10.1 Å². The highest BCUT2D eigenvalue weighted by molar-refractivity contribution is 9.10. The predicted octanol–water partition coefficient (Wildman–Crippen LogP) is 2.91. The summed E-state index contributed by atoms with van der Waals surface area (Å²) in [4.78, 5) is 0. The molecule has 0 saturated carbocycles. The summed E-state index contributed by atoms with van der Waals surface area (Å²) in [7, 11) is 0. The van der Waals surface area contributed by atoms with E-state index >= 15 is 0 Å². The molecule has 2 aliphatic heterocycles. The van der Waals surface area contributed by atoms with E-state index < -0.39 is 11.7 Å². The number of alkyl halides is 1. The number of halogens is 2. The Morgan fingerprint density at radius 1 is 1.50 bits per heavy atom. The van der Waals surface area contributed by atoms with Gasteiger partial charge in [-0.3, -0.25) is 0 Å². The van der Waals surface area contributed by atoms with Crippen LogP contribution in [0.1, 0.15) is 12.0 Å². The van der Waals surface area contributed by atoms with Gasteiger partial charge in [-0.15, -0.1) is 0 Å². The van der Waals surface area contributed by atoms with Gasteiger partial charge in [-0.25, -0.2) is 4.39 Å². The molecule has 1 spiro atoms. The van der Waals surface area contributed by atoms with Crippen molar-refractivity contribution < 1.29 is 9.13 Å². The van der Waals surface area contributed by atoms with E-state index in [2.05, 4.69) is 21.2 Å². The first-order valence-corrected chi connectivity index (χ1v) is 6.28. The Kier molecular flexibility index (Phi) is 2.44. The van der Waals surface area contributed by atoms with E-state index in [9.17, 15) is 4.39 Å². The maximum atomic E-state index is 14.0. The van der Waals surface area contributed by atoms with Gasteiger partial charge in [0, 0.05) is 23.2 Å². The minimum Gasteiger partial charge on any atom is -0.378 e. The lowest BCUT2D eigenvalue weighted by molar-refractivity contribution is -0.00547. The third-order valence-corrected chi connectivity index (χ3v) is 4.29. The standard InChI is InChI=1S/C12H13BrFNO/c13-9-2-1-3-10-8(9)6-12(15-10)4-5-16-7-11(12)14/h1-3,11,15H,4-7H2. The molecule has 0 bridgehead atoms. The van der Waals surface area contributed by atoms with E-state index in [1.54, 1.807) is 0 Å². The van der Waals surface area contributed by atoms with Gasteiger partial charge in [0.25, 0.3) is 0 Å². The highest BCUT2D eigenvalue weighted by atomic mass is 79.9. The highest BCUT2D eigenvalue weighted by Gasteiger charge is 2.46. The first-order valence-electron chi connectivity index (χ1n) is 5.49. The molecular weight excluding hydrogens is 273 g/mol. The molecule has 16 heavy (non-hydrogen) atoms. The topological polar surface area (TPSA) is 21.3 Å². The van der Waals surface area contributed by atoms with Gasteiger partial charge in [-0.05, 0) is 24.1 Å². The van der Waals surface area contributed by atoms with Gasteiger partial charge in [0.05, 0.1) is 12.1 Å². The fraction of sp³-hybridized carbons (Fsp3) is 0.500. The zero-order chi connectivity index (χ0) is 11.2. The van der Waals surface area contributed by atoms with Gasteiger partial charge in [0.15, 0.2) is 0 Å². The Bertz CT molecular complexity index is 425. The highest BCUT2D eigenvalue weighted by Crippen LogP contribution is 2.42. The van der Waals surface area contributed by atoms with E-state index in [4.69, 9.17) is 4.74 Å². The predicted molar refractivity (Wildman–Crippen MR) is 64.5 cm³/mol. The molecule has 2 nitrogen and oxygen atoms in total. The molecule has 86 valence electrons. The number of hydrogen-bond acceptors (Lipinski definition) is 2. The van der Waals surface area contributed by atoms with Crippen molar-refractivity contribution in [1.29, 1.82) is 0 Å². The van der Waals surface area contributed by atoms with Crippen LogP contribution in [0.4, 0.5) is 10.1 Å². The Hall–Kier alpha value is -0.610. The fourth-order valence-corrected chi connectivity index (χ4v) is 3.09. The SMILES string of the molecule is FC1COCCC12Cc1c(Br)cccc1N2. The first kappa shape index (κ1) is 10.5. The molecule has 2 heterocycles. The van der Waals surface area contributed by atoms with Crippen molar-refractivity contribution in [2.45, 2.75) is 24.6 Å². The second-order valence-electron chi connectivity index (χ2n) is 4.52. The minimum absolute atomic E-state index is 0.207. The van der Waals surface area contributed by atoms with Crippen LogP contribution in [0.5, 0.6) is 0 Å². The number of ether oxygens (including phenoxy) is 1. The summed E-state index contributed by atoms with van der Waals surface area (Å²) in [6, 6.07) is 5.99. The van der Waals surface area contributed by atoms with E-state index in [0.29, 0.717) is 6.61 Å². The van der Waals surface area contributed by atoms with Gasteiger partial charge in [-0.1, -0.05) is 22.0 Å². The number of hydrogen-bond donors (Lipinski definition) is 1. The van der Waals surface area contributed by atoms with Crippen LogP contribution in [0.25, 0.3) is 0 Å².